The van der Waals surface area contributed by atoms with E-state index in [1.54, 1.807) is 31.4 Å². The van der Waals surface area contributed by atoms with Crippen LogP contribution in [-0.4, -0.2) is 28.0 Å². The number of methoxy groups -OCH3 is 1. The number of ether oxygens (including phenoxy) is 2. The number of halogens is 1. The lowest BCUT2D eigenvalue weighted by Crippen LogP contribution is -2.31. The van der Waals surface area contributed by atoms with E-state index in [4.69, 9.17) is 9.47 Å². The molecule has 0 heterocycles. The lowest BCUT2D eigenvalue weighted by atomic mass is 9.93. The summed E-state index contributed by atoms with van der Waals surface area (Å²) < 4.78 is 39.9. The zero-order valence-electron chi connectivity index (χ0n) is 20.3. The van der Waals surface area contributed by atoms with Gasteiger partial charge < -0.3 is 9.47 Å². The molecular weight excluding hydrogens is 530 g/mol. The fourth-order valence-corrected chi connectivity index (χ4v) is 4.87. The summed E-state index contributed by atoms with van der Waals surface area (Å²) in [6.07, 6.45) is 1.47. The zero-order chi connectivity index (χ0) is 25.6. The standard InChI is InChI=1S/C27H30BrNO5S/c1-5-14-34-26-13-9-22(33-4)17-25(26)19-6-12-24(20(16-19)15-18(2)3)27(30)29-35(31,32)23-10-7-21(28)8-11-23/h6-13,16-18H,5,14-15H2,1-4H3,(H,29,30). The van der Waals surface area contributed by atoms with Gasteiger partial charge >= 0.3 is 0 Å². The Morgan fingerprint density at radius 1 is 1.03 bits per heavy atom. The molecule has 1 N–H and O–H groups in total. The van der Waals surface area contributed by atoms with Gasteiger partial charge in [-0.25, -0.2) is 13.1 Å². The summed E-state index contributed by atoms with van der Waals surface area (Å²) >= 11 is 3.29. The van der Waals surface area contributed by atoms with Crippen LogP contribution in [-0.2, 0) is 16.4 Å². The number of nitrogens with one attached hydrogen (secondary N) is 1. The van der Waals surface area contributed by atoms with E-state index in [0.717, 1.165) is 33.3 Å². The topological polar surface area (TPSA) is 81.7 Å². The highest BCUT2D eigenvalue weighted by molar-refractivity contribution is 9.10. The molecule has 6 nitrogen and oxygen atoms in total. The van der Waals surface area contributed by atoms with Gasteiger partial charge in [0.2, 0.25) is 0 Å². The van der Waals surface area contributed by atoms with Crippen molar-refractivity contribution in [1.82, 2.24) is 4.72 Å². The molecule has 0 aliphatic carbocycles. The van der Waals surface area contributed by atoms with E-state index in [0.29, 0.717) is 24.3 Å². The van der Waals surface area contributed by atoms with E-state index >= 15 is 0 Å². The van der Waals surface area contributed by atoms with Crippen molar-refractivity contribution in [3.63, 3.8) is 0 Å². The van der Waals surface area contributed by atoms with Crippen molar-refractivity contribution < 1.29 is 22.7 Å². The number of amides is 1. The van der Waals surface area contributed by atoms with Gasteiger partial charge in [-0.05, 0) is 78.4 Å². The fraction of sp³-hybridized carbons (Fsp3) is 0.296. The molecule has 0 aromatic heterocycles. The number of carbonyl (C=O) groups excluding carboxylic acids is 1. The first-order valence-corrected chi connectivity index (χ1v) is 13.7. The molecule has 0 saturated carbocycles. The van der Waals surface area contributed by atoms with Crippen molar-refractivity contribution in [2.75, 3.05) is 13.7 Å². The van der Waals surface area contributed by atoms with Crippen LogP contribution in [0.1, 0.15) is 43.1 Å². The molecule has 0 spiro atoms. The number of rotatable bonds is 10. The van der Waals surface area contributed by atoms with Gasteiger partial charge in [0.05, 0.1) is 18.6 Å². The van der Waals surface area contributed by atoms with Gasteiger partial charge in [0, 0.05) is 15.6 Å². The van der Waals surface area contributed by atoms with Crippen molar-refractivity contribution in [2.24, 2.45) is 5.92 Å². The quantitative estimate of drug-likeness (QED) is 0.318. The molecule has 35 heavy (non-hydrogen) atoms. The first-order valence-electron chi connectivity index (χ1n) is 11.4. The van der Waals surface area contributed by atoms with Crippen molar-refractivity contribution in [3.05, 3.63) is 76.3 Å². The Labute approximate surface area is 215 Å². The van der Waals surface area contributed by atoms with Crippen molar-refractivity contribution in [1.29, 1.82) is 0 Å². The van der Waals surface area contributed by atoms with Gasteiger partial charge in [-0.1, -0.05) is 48.8 Å². The zero-order valence-corrected chi connectivity index (χ0v) is 22.7. The van der Waals surface area contributed by atoms with Crippen LogP contribution < -0.4 is 14.2 Å². The minimum absolute atomic E-state index is 0.0187. The first kappa shape index (κ1) is 26.8. The second-order valence-corrected chi connectivity index (χ2v) is 11.2. The van der Waals surface area contributed by atoms with Crippen LogP contribution >= 0.6 is 15.9 Å². The molecule has 1 amide bonds. The molecule has 3 rings (SSSR count). The van der Waals surface area contributed by atoms with E-state index in [9.17, 15) is 13.2 Å². The highest BCUT2D eigenvalue weighted by atomic mass is 79.9. The van der Waals surface area contributed by atoms with Crippen LogP contribution in [0.25, 0.3) is 11.1 Å². The predicted molar refractivity (Wildman–Crippen MR) is 142 cm³/mol. The second kappa shape index (κ2) is 11.7. The minimum Gasteiger partial charge on any atom is -0.497 e. The molecule has 0 aliphatic rings. The van der Waals surface area contributed by atoms with Gasteiger partial charge in [0.25, 0.3) is 15.9 Å². The Bertz CT molecular complexity index is 1290. The van der Waals surface area contributed by atoms with Crippen LogP contribution in [0.4, 0.5) is 0 Å². The van der Waals surface area contributed by atoms with Crippen LogP contribution in [0.5, 0.6) is 11.5 Å². The van der Waals surface area contributed by atoms with E-state index in [-0.39, 0.29) is 10.8 Å². The van der Waals surface area contributed by atoms with Gasteiger partial charge in [0.1, 0.15) is 11.5 Å². The maximum absolute atomic E-state index is 13.1. The average Bonchev–Trinajstić information content (AvgIpc) is 2.82. The largest absolute Gasteiger partial charge is 0.497 e. The Kier molecular flexibility index (Phi) is 8.97. The molecule has 0 radical (unpaired) electrons. The Morgan fingerprint density at radius 2 is 1.74 bits per heavy atom. The van der Waals surface area contributed by atoms with Crippen LogP contribution in [0, 0.1) is 5.92 Å². The molecule has 0 fully saturated rings. The van der Waals surface area contributed by atoms with Gasteiger partial charge in [-0.3, -0.25) is 4.79 Å². The third kappa shape index (κ3) is 6.86. The highest BCUT2D eigenvalue weighted by Crippen LogP contribution is 2.35. The number of sulfonamides is 1. The van der Waals surface area contributed by atoms with Crippen LogP contribution in [0.15, 0.2) is 70.0 Å². The third-order valence-corrected chi connectivity index (χ3v) is 7.16. The van der Waals surface area contributed by atoms with Gasteiger partial charge in [-0.2, -0.15) is 0 Å². The summed E-state index contributed by atoms with van der Waals surface area (Å²) in [6.45, 7) is 6.72. The van der Waals surface area contributed by atoms with Crippen molar-refractivity contribution in [3.8, 4) is 22.6 Å². The molecule has 3 aromatic rings. The summed E-state index contributed by atoms with van der Waals surface area (Å²) in [7, 11) is -2.41. The number of benzene rings is 3. The summed E-state index contributed by atoms with van der Waals surface area (Å²) in [5, 5.41) is 0. The second-order valence-electron chi connectivity index (χ2n) is 8.57. The molecular formula is C27H30BrNO5S. The third-order valence-electron chi connectivity index (χ3n) is 5.29. The van der Waals surface area contributed by atoms with E-state index < -0.39 is 15.9 Å². The van der Waals surface area contributed by atoms with Crippen LogP contribution in [0.3, 0.4) is 0 Å². The van der Waals surface area contributed by atoms with E-state index in [1.165, 1.54) is 12.1 Å². The normalized spacial score (nSPS) is 11.4. The SMILES string of the molecule is CCCOc1ccc(OC)cc1-c1ccc(C(=O)NS(=O)(=O)c2ccc(Br)cc2)c(CC(C)C)c1. The molecule has 8 heteroatoms. The summed E-state index contributed by atoms with van der Waals surface area (Å²) in [6, 6.07) is 17.1. The van der Waals surface area contributed by atoms with E-state index in [1.807, 2.05) is 45.0 Å². The molecule has 0 aliphatic heterocycles. The smallest absolute Gasteiger partial charge is 0.265 e. The van der Waals surface area contributed by atoms with Crippen molar-refractivity contribution in [2.45, 2.75) is 38.5 Å². The Balaban J connectivity index is 2.01. The van der Waals surface area contributed by atoms with Crippen LogP contribution in [0.2, 0.25) is 0 Å². The molecule has 0 bridgehead atoms. The van der Waals surface area contributed by atoms with E-state index in [2.05, 4.69) is 20.7 Å². The molecule has 3 aromatic carbocycles. The molecule has 0 atom stereocenters. The number of hydrogen-bond donors (Lipinski definition) is 1. The predicted octanol–water partition coefficient (Wildman–Crippen LogP) is 6.23. The summed E-state index contributed by atoms with van der Waals surface area (Å²) in [5.74, 6) is 0.999. The Morgan fingerprint density at radius 3 is 2.37 bits per heavy atom. The average molecular weight is 561 g/mol. The van der Waals surface area contributed by atoms with Crippen molar-refractivity contribution >= 4 is 31.9 Å². The van der Waals surface area contributed by atoms with Gasteiger partial charge in [-0.15, -0.1) is 0 Å². The first-order chi connectivity index (χ1) is 16.6. The molecule has 0 saturated heterocycles. The lowest BCUT2D eigenvalue weighted by molar-refractivity contribution is 0.0980. The molecule has 0 unspecified atom stereocenters. The maximum Gasteiger partial charge on any atom is 0.265 e. The maximum atomic E-state index is 13.1. The summed E-state index contributed by atoms with van der Waals surface area (Å²) in [5.41, 5.74) is 2.78. The number of hydrogen-bond acceptors (Lipinski definition) is 5. The van der Waals surface area contributed by atoms with Gasteiger partial charge in [0.15, 0.2) is 0 Å². The lowest BCUT2D eigenvalue weighted by Gasteiger charge is -2.17. The highest BCUT2D eigenvalue weighted by Gasteiger charge is 2.22. The fourth-order valence-electron chi connectivity index (χ4n) is 3.64. The monoisotopic (exact) mass is 559 g/mol. The summed E-state index contributed by atoms with van der Waals surface area (Å²) in [4.78, 5) is 13.1. The Hall–Kier alpha value is -2.84. The number of carbonyl (C=O) groups is 1. The minimum atomic E-state index is -4.01. The molecule has 186 valence electrons.